The fourth-order valence-corrected chi connectivity index (χ4v) is 6.83. The van der Waals surface area contributed by atoms with Gasteiger partial charge in [0.1, 0.15) is 12.4 Å². The molecule has 0 amide bonds. The second kappa shape index (κ2) is 7.84. The first kappa shape index (κ1) is 25.8. The van der Waals surface area contributed by atoms with Crippen LogP contribution >= 0.6 is 0 Å². The number of hydrogen-bond donors (Lipinski definition) is 0. The SMILES string of the molecule is CC(C)=CC[C@@]12OC(C)(C)[C@@H]3C[C@@](OCOCC[Si](C)(C)C)(C=C4C(=O)OC(C)(C)O[C@]431)C2=O. The Morgan fingerprint density at radius 1 is 1.15 bits per heavy atom. The number of hydrogen-bond acceptors (Lipinski definition) is 7. The third-order valence-electron chi connectivity index (χ3n) is 7.56. The molecule has 0 radical (unpaired) electrons. The second-order valence-corrected chi connectivity index (χ2v) is 18.3. The molecule has 2 saturated heterocycles. The molecule has 0 aromatic carbocycles. The summed E-state index contributed by atoms with van der Waals surface area (Å²) in [5.74, 6) is -2.16. The van der Waals surface area contributed by atoms with Crippen LogP contribution in [0.3, 0.4) is 0 Å². The Morgan fingerprint density at radius 2 is 1.82 bits per heavy atom. The molecule has 0 aromatic heterocycles. The Hall–Kier alpha value is -1.32. The molecule has 5 rings (SSSR count). The van der Waals surface area contributed by atoms with Crippen molar-refractivity contribution in [3.05, 3.63) is 23.3 Å². The summed E-state index contributed by atoms with van der Waals surface area (Å²) in [6.07, 6.45) is 4.27. The molecule has 3 aliphatic carbocycles. The van der Waals surface area contributed by atoms with Gasteiger partial charge in [-0.25, -0.2) is 4.79 Å². The van der Waals surface area contributed by atoms with Crippen molar-refractivity contribution < 1.29 is 33.3 Å². The number of rotatable bonds is 8. The normalized spacial score (nSPS) is 37.2. The first-order valence-corrected chi connectivity index (χ1v) is 16.0. The molecule has 2 aliphatic heterocycles. The van der Waals surface area contributed by atoms with E-state index in [1.165, 1.54) is 0 Å². The van der Waals surface area contributed by atoms with Crippen LogP contribution in [0.5, 0.6) is 0 Å². The number of ether oxygens (including phenoxy) is 5. The third kappa shape index (κ3) is 3.77. The predicted molar refractivity (Wildman–Crippen MR) is 130 cm³/mol. The first-order chi connectivity index (χ1) is 15.5. The Balaban J connectivity index is 1.79. The highest BCUT2D eigenvalue weighted by Gasteiger charge is 2.85. The zero-order valence-electron chi connectivity index (χ0n) is 22.1. The third-order valence-corrected chi connectivity index (χ3v) is 9.27. The van der Waals surface area contributed by atoms with Crippen molar-refractivity contribution in [2.75, 3.05) is 13.4 Å². The summed E-state index contributed by atoms with van der Waals surface area (Å²) >= 11 is 0. The molecule has 0 N–H and O–H groups in total. The molecular weight excluding hydrogens is 452 g/mol. The van der Waals surface area contributed by atoms with Crippen LogP contribution in [0.4, 0.5) is 0 Å². The van der Waals surface area contributed by atoms with Crippen molar-refractivity contribution in [1.82, 2.24) is 0 Å². The van der Waals surface area contributed by atoms with Gasteiger partial charge in [-0.3, -0.25) is 4.79 Å². The van der Waals surface area contributed by atoms with Gasteiger partial charge in [0.2, 0.25) is 11.6 Å². The Bertz CT molecular complexity index is 955. The summed E-state index contributed by atoms with van der Waals surface area (Å²) in [7, 11) is -1.25. The van der Waals surface area contributed by atoms with Crippen molar-refractivity contribution >= 4 is 19.8 Å². The lowest BCUT2D eigenvalue weighted by atomic mass is 9.50. The van der Waals surface area contributed by atoms with Crippen LogP contribution < -0.4 is 0 Å². The maximum absolute atomic E-state index is 14.4. The molecule has 1 saturated carbocycles. The number of Topliss-reactive ketones (excluding diaryl/α,β-unsaturated/α-hetero) is 1. The maximum Gasteiger partial charge on any atom is 0.339 e. The number of cyclic esters (lactones) is 1. The minimum absolute atomic E-state index is 0.0275. The molecule has 4 bridgehead atoms. The summed E-state index contributed by atoms with van der Waals surface area (Å²) in [6, 6.07) is 1.00. The van der Waals surface area contributed by atoms with Crippen LogP contribution in [0.15, 0.2) is 23.3 Å². The summed E-state index contributed by atoms with van der Waals surface area (Å²) < 4.78 is 30.9. The molecule has 190 valence electrons. The molecule has 1 spiro atoms. The Kier molecular flexibility index (Phi) is 5.94. The topological polar surface area (TPSA) is 80.3 Å². The van der Waals surface area contributed by atoms with Gasteiger partial charge < -0.3 is 23.7 Å². The number of ketones is 1. The quantitative estimate of drug-likeness (QED) is 0.162. The molecule has 2 heterocycles. The fraction of sp³-hybridized carbons (Fsp3) is 0.769. The largest absolute Gasteiger partial charge is 0.430 e. The van der Waals surface area contributed by atoms with E-state index >= 15 is 0 Å². The molecule has 7 nitrogen and oxygen atoms in total. The van der Waals surface area contributed by atoms with Gasteiger partial charge in [0, 0.05) is 40.9 Å². The van der Waals surface area contributed by atoms with Crippen LogP contribution in [0, 0.1) is 5.92 Å². The van der Waals surface area contributed by atoms with E-state index in [0.29, 0.717) is 18.6 Å². The van der Waals surface area contributed by atoms with Gasteiger partial charge >= 0.3 is 5.97 Å². The highest BCUT2D eigenvalue weighted by atomic mass is 28.3. The van der Waals surface area contributed by atoms with E-state index in [9.17, 15) is 9.59 Å². The fourth-order valence-electron chi connectivity index (χ4n) is 6.07. The highest BCUT2D eigenvalue weighted by Crippen LogP contribution is 2.69. The lowest BCUT2D eigenvalue weighted by molar-refractivity contribution is -0.311. The summed E-state index contributed by atoms with van der Waals surface area (Å²) in [5, 5.41) is 0. The summed E-state index contributed by atoms with van der Waals surface area (Å²) in [6.45, 7) is 18.7. The molecule has 3 fully saturated rings. The summed E-state index contributed by atoms with van der Waals surface area (Å²) in [5.41, 5.74) is -3.29. The standard InChI is InChI=1S/C26H40O7Si/c1-17(2)10-11-25-21(28)24(30-16-29-12-13-34(7,8)9)14-18-20(27)31-23(5,6)33-26(18,25)19(15-24)22(3,4)32-25/h10,14,19H,11-13,15-16H2,1-9H3/t19-,24-,25-,26+/m0/s1. The van der Waals surface area contributed by atoms with Crippen molar-refractivity contribution in [1.29, 1.82) is 0 Å². The van der Waals surface area contributed by atoms with Crippen LogP contribution in [0.1, 0.15) is 54.4 Å². The summed E-state index contributed by atoms with van der Waals surface area (Å²) in [4.78, 5) is 27.7. The minimum Gasteiger partial charge on any atom is -0.430 e. The van der Waals surface area contributed by atoms with Crippen LogP contribution in [0.2, 0.25) is 25.7 Å². The molecule has 0 unspecified atom stereocenters. The predicted octanol–water partition coefficient (Wildman–Crippen LogP) is 4.54. The van der Waals surface area contributed by atoms with Gasteiger partial charge in [-0.15, -0.1) is 0 Å². The molecule has 4 atom stereocenters. The highest BCUT2D eigenvalue weighted by molar-refractivity contribution is 6.76. The van der Waals surface area contributed by atoms with E-state index in [2.05, 4.69) is 19.6 Å². The monoisotopic (exact) mass is 492 g/mol. The van der Waals surface area contributed by atoms with E-state index in [1.54, 1.807) is 19.9 Å². The molecule has 0 aromatic rings. The van der Waals surface area contributed by atoms with Crippen molar-refractivity contribution in [2.24, 2.45) is 5.92 Å². The molecule has 8 heteroatoms. The number of carbonyl (C=O) groups is 2. The number of allylic oxidation sites excluding steroid dienone is 1. The average Bonchev–Trinajstić information content (AvgIpc) is 2.82. The zero-order chi connectivity index (χ0) is 25.4. The van der Waals surface area contributed by atoms with Gasteiger partial charge in [0.25, 0.3) is 0 Å². The first-order valence-electron chi connectivity index (χ1n) is 12.3. The second-order valence-electron chi connectivity index (χ2n) is 12.7. The molecular formula is C26H40O7Si. The average molecular weight is 493 g/mol. The maximum atomic E-state index is 14.4. The molecule has 5 aliphatic rings. The van der Waals surface area contributed by atoms with E-state index < -0.39 is 42.2 Å². The molecule has 34 heavy (non-hydrogen) atoms. The van der Waals surface area contributed by atoms with Gasteiger partial charge in [-0.05, 0) is 46.2 Å². The van der Waals surface area contributed by atoms with Crippen molar-refractivity contribution in [2.45, 2.75) is 108 Å². The van der Waals surface area contributed by atoms with Gasteiger partial charge in [-0.2, -0.15) is 0 Å². The van der Waals surface area contributed by atoms with Gasteiger partial charge in [0.15, 0.2) is 11.2 Å². The van der Waals surface area contributed by atoms with Gasteiger partial charge in [0.05, 0.1) is 11.2 Å². The van der Waals surface area contributed by atoms with Crippen LogP contribution in [-0.2, 0) is 33.3 Å². The lowest BCUT2D eigenvalue weighted by Gasteiger charge is -2.61. The zero-order valence-corrected chi connectivity index (χ0v) is 23.1. The van der Waals surface area contributed by atoms with E-state index in [0.717, 1.165) is 11.6 Å². The minimum atomic E-state index is -1.39. The Morgan fingerprint density at radius 3 is 2.44 bits per heavy atom. The Labute approximate surface area is 204 Å². The number of carbonyl (C=O) groups excluding carboxylic acids is 2. The van der Waals surface area contributed by atoms with Crippen molar-refractivity contribution in [3.8, 4) is 0 Å². The van der Waals surface area contributed by atoms with Gasteiger partial charge in [-0.1, -0.05) is 31.3 Å². The number of esters is 1. The van der Waals surface area contributed by atoms with Crippen LogP contribution in [0.25, 0.3) is 0 Å². The van der Waals surface area contributed by atoms with Crippen LogP contribution in [-0.4, -0.2) is 61.4 Å². The van der Waals surface area contributed by atoms with E-state index in [-0.39, 0.29) is 24.9 Å². The van der Waals surface area contributed by atoms with E-state index in [1.807, 2.05) is 33.8 Å². The van der Waals surface area contributed by atoms with E-state index in [4.69, 9.17) is 23.7 Å². The lowest BCUT2D eigenvalue weighted by Crippen LogP contribution is -2.78. The smallest absolute Gasteiger partial charge is 0.339 e. The van der Waals surface area contributed by atoms with Crippen molar-refractivity contribution in [3.63, 3.8) is 0 Å².